The summed E-state index contributed by atoms with van der Waals surface area (Å²) in [5.41, 5.74) is 0.484. The molecule has 93 heavy (non-hydrogen) atoms. The standard InChI is InChI=1S/C74H83NO18/c1-4-67(76)86-46-16-10-7-13-43-83-55-27-33-58(34-28-55)89-70-65-49-61(92-73(81)53-23-19-51(20-24-53)71(79)90-59-35-29-56(30-36-59)84-44-14-8-11-17-47-87-68(77)5-2)39-41-63(65)64-42-40-62(50-66(64)75-70)93-74(82)54-25-21-52(22-26-54)72(80)91-60-37-31-57(32-38-60)85-45-15-9-12-18-48-88-69(78)6-3/h4-6,27-42,49-54H,1-3,7-26,43-48H2. The lowest BCUT2D eigenvalue weighted by molar-refractivity contribution is -0.145. The van der Waals surface area contributed by atoms with E-state index < -0.39 is 41.7 Å². The van der Waals surface area contributed by atoms with Crippen LogP contribution in [-0.2, 0) is 47.8 Å². The molecule has 19 nitrogen and oxygen atoms in total. The summed E-state index contributed by atoms with van der Waals surface area (Å²) in [5.74, 6) is -0.394. The van der Waals surface area contributed by atoms with Crippen LogP contribution in [-0.4, -0.2) is 86.4 Å². The Kier molecular flexibility index (Phi) is 27.7. The van der Waals surface area contributed by atoms with Crippen molar-refractivity contribution < 1.29 is 85.7 Å². The van der Waals surface area contributed by atoms with E-state index in [2.05, 4.69) is 19.7 Å². The number of rotatable bonds is 37. The third-order valence-electron chi connectivity index (χ3n) is 16.2. The lowest BCUT2D eigenvalue weighted by atomic mass is 9.82. The van der Waals surface area contributed by atoms with Crippen molar-refractivity contribution >= 4 is 63.5 Å². The monoisotopic (exact) mass is 1270 g/mol. The van der Waals surface area contributed by atoms with Gasteiger partial charge in [-0.3, -0.25) is 19.2 Å². The topological polar surface area (TPSA) is 234 Å². The number of hydrogen-bond acceptors (Lipinski definition) is 19. The van der Waals surface area contributed by atoms with E-state index in [-0.39, 0.29) is 41.2 Å². The molecule has 0 aliphatic heterocycles. The molecule has 0 radical (unpaired) electrons. The Labute approximate surface area is 542 Å². The quantitative estimate of drug-likeness (QED) is 0.00880. The molecule has 0 spiro atoms. The van der Waals surface area contributed by atoms with Gasteiger partial charge in [0, 0.05) is 35.1 Å². The van der Waals surface area contributed by atoms with E-state index in [1.807, 2.05) is 12.1 Å². The Morgan fingerprint density at radius 2 is 0.624 bits per heavy atom. The molecule has 2 aliphatic rings. The number of hydrogen-bond donors (Lipinski definition) is 0. The fraction of sp³-hybridized carbons (Fsp3) is 0.405. The van der Waals surface area contributed by atoms with E-state index in [4.69, 9.17) is 57.1 Å². The molecule has 2 saturated carbocycles. The van der Waals surface area contributed by atoms with Gasteiger partial charge in [-0.2, -0.15) is 0 Å². The van der Waals surface area contributed by atoms with Gasteiger partial charge in [0.25, 0.3) is 0 Å². The lowest BCUT2D eigenvalue weighted by Gasteiger charge is -2.26. The fourth-order valence-corrected chi connectivity index (χ4v) is 10.9. The summed E-state index contributed by atoms with van der Waals surface area (Å²) in [5, 5.41) is 2.02. The van der Waals surface area contributed by atoms with Crippen LogP contribution < -0.4 is 37.9 Å². The maximum atomic E-state index is 13.8. The highest BCUT2D eigenvalue weighted by atomic mass is 16.6. The maximum Gasteiger partial charge on any atom is 0.330 e. The fourth-order valence-electron chi connectivity index (χ4n) is 10.9. The Hall–Kier alpha value is -9.52. The summed E-state index contributed by atoms with van der Waals surface area (Å²) in [6.07, 6.45) is 17.3. The van der Waals surface area contributed by atoms with Crippen LogP contribution in [0.1, 0.15) is 128 Å². The Morgan fingerprint density at radius 3 is 0.978 bits per heavy atom. The van der Waals surface area contributed by atoms with Gasteiger partial charge in [-0.1, -0.05) is 19.7 Å². The minimum Gasteiger partial charge on any atom is -0.494 e. The second kappa shape index (κ2) is 37.1. The second-order valence-electron chi connectivity index (χ2n) is 23.0. The van der Waals surface area contributed by atoms with E-state index in [1.54, 1.807) is 97.1 Å². The van der Waals surface area contributed by atoms with Gasteiger partial charge in [0.05, 0.1) is 68.8 Å². The van der Waals surface area contributed by atoms with Crippen molar-refractivity contribution in [2.24, 2.45) is 23.7 Å². The predicted molar refractivity (Wildman–Crippen MR) is 347 cm³/mol. The molecule has 492 valence electrons. The minimum absolute atomic E-state index is 0.210. The molecule has 6 aromatic rings. The van der Waals surface area contributed by atoms with Crippen molar-refractivity contribution in [1.29, 1.82) is 0 Å². The number of carbonyl (C=O) groups is 7. The van der Waals surface area contributed by atoms with Crippen molar-refractivity contribution in [2.45, 2.75) is 128 Å². The zero-order chi connectivity index (χ0) is 65.6. The van der Waals surface area contributed by atoms with Crippen LogP contribution in [0.15, 0.2) is 147 Å². The van der Waals surface area contributed by atoms with Gasteiger partial charge in [0.2, 0.25) is 5.88 Å². The Bertz CT molecular complexity index is 3470. The van der Waals surface area contributed by atoms with Gasteiger partial charge in [-0.05, 0) is 237 Å². The molecule has 8 rings (SSSR count). The number of carbonyl (C=O) groups excluding carboxylic acids is 7. The maximum absolute atomic E-state index is 13.8. The largest absolute Gasteiger partial charge is 0.494 e. The summed E-state index contributed by atoms with van der Waals surface area (Å²) >= 11 is 0. The number of ether oxygens (including phenoxy) is 11. The van der Waals surface area contributed by atoms with Crippen molar-refractivity contribution in [1.82, 2.24) is 4.98 Å². The summed E-state index contributed by atoms with van der Waals surface area (Å²) in [7, 11) is 0. The molecule has 2 aliphatic carbocycles. The summed E-state index contributed by atoms with van der Waals surface area (Å²) in [4.78, 5) is 92.7. The smallest absolute Gasteiger partial charge is 0.330 e. The molecule has 0 N–H and O–H groups in total. The van der Waals surface area contributed by atoms with Crippen LogP contribution in [0.25, 0.3) is 21.7 Å². The van der Waals surface area contributed by atoms with Crippen LogP contribution in [0.4, 0.5) is 0 Å². The number of esters is 7. The molecule has 5 aromatic carbocycles. The third-order valence-corrected chi connectivity index (χ3v) is 16.2. The molecule has 1 aromatic heterocycles. The number of nitrogens with zero attached hydrogens (tertiary/aromatic N) is 1. The molecule has 0 unspecified atom stereocenters. The average molecular weight is 1270 g/mol. The van der Waals surface area contributed by atoms with Crippen molar-refractivity contribution in [3.63, 3.8) is 0 Å². The normalized spacial score (nSPS) is 16.0. The highest BCUT2D eigenvalue weighted by Gasteiger charge is 2.34. The first-order valence-corrected chi connectivity index (χ1v) is 32.3. The number of unbranched alkanes of at least 4 members (excludes halogenated alkanes) is 9. The first-order valence-electron chi connectivity index (χ1n) is 32.3. The van der Waals surface area contributed by atoms with E-state index >= 15 is 0 Å². The Morgan fingerprint density at radius 1 is 0.333 bits per heavy atom. The van der Waals surface area contributed by atoms with E-state index in [0.29, 0.717) is 136 Å². The molecule has 19 heteroatoms. The highest BCUT2D eigenvalue weighted by molar-refractivity contribution is 6.09. The van der Waals surface area contributed by atoms with Crippen LogP contribution in [0.5, 0.6) is 51.9 Å². The molecular weight excluding hydrogens is 1190 g/mol. The predicted octanol–water partition coefficient (Wildman–Crippen LogP) is 14.8. The van der Waals surface area contributed by atoms with Crippen LogP contribution in [0.2, 0.25) is 0 Å². The van der Waals surface area contributed by atoms with Crippen molar-refractivity contribution in [2.75, 3.05) is 39.6 Å². The zero-order valence-corrected chi connectivity index (χ0v) is 52.7. The minimum atomic E-state index is -0.442. The highest BCUT2D eigenvalue weighted by Crippen LogP contribution is 2.39. The van der Waals surface area contributed by atoms with Crippen molar-refractivity contribution in [3.8, 4) is 51.9 Å². The van der Waals surface area contributed by atoms with E-state index in [9.17, 15) is 33.6 Å². The third kappa shape index (κ3) is 22.7. The first-order chi connectivity index (χ1) is 45.3. The van der Waals surface area contributed by atoms with Crippen LogP contribution >= 0.6 is 0 Å². The second-order valence-corrected chi connectivity index (χ2v) is 23.0. The van der Waals surface area contributed by atoms with Gasteiger partial charge in [0.1, 0.15) is 46.0 Å². The van der Waals surface area contributed by atoms with Gasteiger partial charge in [-0.25, -0.2) is 19.4 Å². The van der Waals surface area contributed by atoms with Gasteiger partial charge in [0.15, 0.2) is 0 Å². The zero-order valence-electron chi connectivity index (χ0n) is 52.7. The molecule has 0 bridgehead atoms. The SMILES string of the molecule is C=CC(=O)OCCCCCCOc1ccc(OC(=O)C2CCC(C(=O)Oc3ccc4c(c3)nc(Oc3ccc(OCCCCCCOC(=O)C=C)cc3)c3cc(OC(=O)C5CCC(C(=O)Oc6ccc(OCCCCCCOC(=O)C=C)cc6)CC5)ccc34)CC2)cc1. The molecule has 0 amide bonds. The first kappa shape index (κ1) is 69.4. The number of pyridine rings is 1. The summed E-state index contributed by atoms with van der Waals surface area (Å²) in [6, 6.07) is 31.5. The number of aromatic nitrogens is 1. The van der Waals surface area contributed by atoms with E-state index in [0.717, 1.165) is 106 Å². The molecule has 2 fully saturated rings. The summed E-state index contributed by atoms with van der Waals surface area (Å²) < 4.78 is 62.8. The average Bonchev–Trinajstić information content (AvgIpc) is 0.830. The Balaban J connectivity index is 0.839. The summed E-state index contributed by atoms with van der Waals surface area (Å²) in [6.45, 7) is 12.8. The lowest BCUT2D eigenvalue weighted by Crippen LogP contribution is -2.30. The molecule has 0 saturated heterocycles. The van der Waals surface area contributed by atoms with Crippen LogP contribution in [0, 0.1) is 23.7 Å². The molecular formula is C74H83NO18. The molecule has 1 heterocycles. The van der Waals surface area contributed by atoms with E-state index in [1.165, 1.54) is 0 Å². The van der Waals surface area contributed by atoms with Gasteiger partial charge >= 0.3 is 41.8 Å². The number of benzene rings is 5. The van der Waals surface area contributed by atoms with Crippen LogP contribution in [0.3, 0.4) is 0 Å². The van der Waals surface area contributed by atoms with Gasteiger partial charge < -0.3 is 52.1 Å². The number of fused-ring (bicyclic) bond motifs is 3. The van der Waals surface area contributed by atoms with Gasteiger partial charge in [-0.15, -0.1) is 0 Å². The molecule has 0 atom stereocenters. The van der Waals surface area contributed by atoms with Crippen molar-refractivity contribution in [3.05, 3.63) is 147 Å².